The standard InChI is InChI=1S/C21H28O7/c1-13(20(22)23)14-7-9-16(10-8-14)28-12-15-11-21(2,27-6)19(26-5)18(25-4)17(15)24-3/h7-11,13,19H,12H2,1-6H3,(H,22,23). The summed E-state index contributed by atoms with van der Waals surface area (Å²) in [7, 11) is 6.31. The minimum Gasteiger partial charge on any atom is -0.494 e. The van der Waals surface area contributed by atoms with Crippen molar-refractivity contribution in [3.8, 4) is 5.75 Å². The second kappa shape index (κ2) is 9.12. The summed E-state index contributed by atoms with van der Waals surface area (Å²) in [6.07, 6.45) is 1.45. The van der Waals surface area contributed by atoms with Gasteiger partial charge in [-0.15, -0.1) is 0 Å². The van der Waals surface area contributed by atoms with E-state index in [1.165, 1.54) is 0 Å². The van der Waals surface area contributed by atoms with Crippen LogP contribution in [0, 0.1) is 0 Å². The van der Waals surface area contributed by atoms with Gasteiger partial charge in [0.1, 0.15) is 18.0 Å². The normalized spacial score (nSPS) is 23.1. The molecule has 0 saturated heterocycles. The van der Waals surface area contributed by atoms with E-state index in [4.69, 9.17) is 28.8 Å². The maximum Gasteiger partial charge on any atom is 0.310 e. The quantitative estimate of drug-likeness (QED) is 0.691. The molecule has 2 rings (SSSR count). The van der Waals surface area contributed by atoms with Gasteiger partial charge in [0.05, 0.1) is 20.1 Å². The van der Waals surface area contributed by atoms with Gasteiger partial charge in [0, 0.05) is 19.8 Å². The van der Waals surface area contributed by atoms with E-state index in [2.05, 4.69) is 0 Å². The van der Waals surface area contributed by atoms with Gasteiger partial charge in [-0.25, -0.2) is 0 Å². The van der Waals surface area contributed by atoms with Crippen molar-refractivity contribution in [3.63, 3.8) is 0 Å². The predicted molar refractivity (Wildman–Crippen MR) is 103 cm³/mol. The molecule has 7 nitrogen and oxygen atoms in total. The first-order valence-corrected chi connectivity index (χ1v) is 8.89. The van der Waals surface area contributed by atoms with Gasteiger partial charge in [-0.1, -0.05) is 12.1 Å². The lowest BCUT2D eigenvalue weighted by Gasteiger charge is -2.38. The van der Waals surface area contributed by atoms with Crippen molar-refractivity contribution in [2.45, 2.75) is 31.5 Å². The fourth-order valence-corrected chi connectivity index (χ4v) is 3.23. The topological polar surface area (TPSA) is 83.5 Å². The van der Waals surface area contributed by atoms with Crippen molar-refractivity contribution in [3.05, 3.63) is 53.0 Å². The molecule has 154 valence electrons. The molecule has 7 heteroatoms. The molecule has 0 fully saturated rings. The van der Waals surface area contributed by atoms with Crippen LogP contribution in [0.3, 0.4) is 0 Å². The maximum atomic E-state index is 11.1. The minimum atomic E-state index is -0.866. The fraction of sp³-hybridized carbons (Fsp3) is 0.476. The summed E-state index contributed by atoms with van der Waals surface area (Å²) in [5, 5.41) is 9.11. The van der Waals surface area contributed by atoms with Crippen LogP contribution in [0.4, 0.5) is 0 Å². The number of carboxylic acids is 1. The number of hydrogen-bond donors (Lipinski definition) is 1. The van der Waals surface area contributed by atoms with Crippen molar-refractivity contribution >= 4 is 5.97 Å². The van der Waals surface area contributed by atoms with Gasteiger partial charge in [0.15, 0.2) is 17.6 Å². The first-order valence-electron chi connectivity index (χ1n) is 8.89. The zero-order valence-corrected chi connectivity index (χ0v) is 17.1. The molecule has 28 heavy (non-hydrogen) atoms. The Kier molecular flexibility index (Phi) is 7.10. The number of carbonyl (C=O) groups is 1. The molecule has 0 radical (unpaired) electrons. The highest BCUT2D eigenvalue weighted by Crippen LogP contribution is 2.36. The van der Waals surface area contributed by atoms with Crippen LogP contribution in [0.15, 0.2) is 47.4 Å². The van der Waals surface area contributed by atoms with Crippen molar-refractivity contribution in [1.29, 1.82) is 0 Å². The van der Waals surface area contributed by atoms with Crippen LogP contribution in [0.25, 0.3) is 0 Å². The summed E-state index contributed by atoms with van der Waals surface area (Å²) >= 11 is 0. The molecule has 0 aliphatic heterocycles. The summed E-state index contributed by atoms with van der Waals surface area (Å²) in [6, 6.07) is 6.99. The fourth-order valence-electron chi connectivity index (χ4n) is 3.23. The molecule has 0 amide bonds. The SMILES string of the molecule is COC1=C(OC)C(OC)C(C)(OC)C=C1COc1ccc(C(C)C(=O)O)cc1. The van der Waals surface area contributed by atoms with Crippen LogP contribution < -0.4 is 4.74 Å². The Bertz CT molecular complexity index is 751. The van der Waals surface area contributed by atoms with Gasteiger partial charge in [-0.05, 0) is 37.6 Å². The molecular formula is C21H28O7. The molecule has 1 aromatic carbocycles. The molecule has 0 aromatic heterocycles. The number of hydrogen-bond acceptors (Lipinski definition) is 6. The Balaban J connectivity index is 2.24. The van der Waals surface area contributed by atoms with Gasteiger partial charge >= 0.3 is 5.97 Å². The van der Waals surface area contributed by atoms with Crippen molar-refractivity contribution < 1.29 is 33.6 Å². The van der Waals surface area contributed by atoms with Gasteiger partial charge in [-0.3, -0.25) is 4.79 Å². The van der Waals surface area contributed by atoms with Crippen LogP contribution in [0.5, 0.6) is 5.75 Å². The van der Waals surface area contributed by atoms with E-state index in [1.807, 2.05) is 13.0 Å². The van der Waals surface area contributed by atoms with E-state index in [0.717, 1.165) is 5.57 Å². The highest BCUT2D eigenvalue weighted by Gasteiger charge is 2.43. The van der Waals surface area contributed by atoms with Crippen molar-refractivity contribution in [1.82, 2.24) is 0 Å². The van der Waals surface area contributed by atoms with Gasteiger partial charge in [0.25, 0.3) is 0 Å². The van der Waals surface area contributed by atoms with E-state index in [1.54, 1.807) is 59.6 Å². The van der Waals surface area contributed by atoms with Crippen molar-refractivity contribution in [2.24, 2.45) is 0 Å². The summed E-state index contributed by atoms with van der Waals surface area (Å²) in [5.74, 6) is 0.246. The Hall–Kier alpha value is -2.51. The monoisotopic (exact) mass is 392 g/mol. The van der Waals surface area contributed by atoms with Crippen LogP contribution in [0.1, 0.15) is 25.3 Å². The molecular weight excluding hydrogens is 364 g/mol. The Labute approximate surface area is 165 Å². The highest BCUT2D eigenvalue weighted by molar-refractivity contribution is 5.75. The summed E-state index contributed by atoms with van der Waals surface area (Å²) < 4.78 is 28.2. The Morgan fingerprint density at radius 3 is 2.25 bits per heavy atom. The Morgan fingerprint density at radius 2 is 1.79 bits per heavy atom. The highest BCUT2D eigenvalue weighted by atomic mass is 16.6. The third kappa shape index (κ3) is 4.31. The zero-order valence-electron chi connectivity index (χ0n) is 17.1. The molecule has 1 aliphatic rings. The molecule has 0 spiro atoms. The molecule has 0 saturated carbocycles. The van der Waals surface area contributed by atoms with Gasteiger partial charge in [0.2, 0.25) is 0 Å². The summed E-state index contributed by atoms with van der Waals surface area (Å²) in [4.78, 5) is 11.1. The van der Waals surface area contributed by atoms with Crippen molar-refractivity contribution in [2.75, 3.05) is 35.0 Å². The molecule has 1 N–H and O–H groups in total. The zero-order chi connectivity index (χ0) is 20.9. The predicted octanol–water partition coefficient (Wildman–Crippen LogP) is 3.12. The number of benzene rings is 1. The second-order valence-electron chi connectivity index (χ2n) is 6.69. The number of ether oxygens (including phenoxy) is 5. The lowest BCUT2D eigenvalue weighted by atomic mass is 9.87. The average Bonchev–Trinajstić information content (AvgIpc) is 2.71. The molecule has 3 unspecified atom stereocenters. The Morgan fingerprint density at radius 1 is 1.14 bits per heavy atom. The average molecular weight is 392 g/mol. The molecule has 1 aromatic rings. The van der Waals surface area contributed by atoms with E-state index >= 15 is 0 Å². The van der Waals surface area contributed by atoms with Gasteiger partial charge < -0.3 is 28.8 Å². The molecule has 1 aliphatic carbocycles. The van der Waals surface area contributed by atoms with E-state index in [-0.39, 0.29) is 6.61 Å². The number of aliphatic carboxylic acids is 1. The lowest BCUT2D eigenvalue weighted by Crippen LogP contribution is -2.46. The minimum absolute atomic E-state index is 0.221. The molecule has 0 heterocycles. The third-order valence-electron chi connectivity index (χ3n) is 4.98. The third-order valence-corrected chi connectivity index (χ3v) is 4.98. The van der Waals surface area contributed by atoms with Crippen LogP contribution in [-0.2, 0) is 23.7 Å². The number of carboxylic acid groups (broad SMARTS) is 1. The van der Waals surface area contributed by atoms with Crippen LogP contribution in [0.2, 0.25) is 0 Å². The molecule has 0 bridgehead atoms. The maximum absolute atomic E-state index is 11.1. The number of methoxy groups -OCH3 is 4. The van der Waals surface area contributed by atoms with E-state index in [9.17, 15) is 4.79 Å². The smallest absolute Gasteiger partial charge is 0.310 e. The van der Waals surface area contributed by atoms with E-state index in [0.29, 0.717) is 22.8 Å². The largest absolute Gasteiger partial charge is 0.494 e. The van der Waals surface area contributed by atoms with Crippen LogP contribution in [-0.4, -0.2) is 57.8 Å². The second-order valence-corrected chi connectivity index (χ2v) is 6.69. The summed E-state index contributed by atoms with van der Waals surface area (Å²) in [6.45, 7) is 3.76. The van der Waals surface area contributed by atoms with Gasteiger partial charge in [-0.2, -0.15) is 0 Å². The molecule has 3 atom stereocenters. The number of rotatable bonds is 9. The first-order chi connectivity index (χ1) is 13.3. The van der Waals surface area contributed by atoms with Crippen LogP contribution >= 0.6 is 0 Å². The lowest BCUT2D eigenvalue weighted by molar-refractivity contribution is -0.138. The van der Waals surface area contributed by atoms with E-state index < -0.39 is 23.6 Å². The summed E-state index contributed by atoms with van der Waals surface area (Å²) in [5.41, 5.74) is 0.729. The first kappa shape index (κ1) is 21.8.